The van der Waals surface area contributed by atoms with Crippen molar-refractivity contribution in [2.45, 2.75) is 45.3 Å². The van der Waals surface area contributed by atoms with Crippen molar-refractivity contribution in [3.8, 4) is 0 Å². The van der Waals surface area contributed by atoms with Crippen LogP contribution in [0.3, 0.4) is 0 Å². The zero-order valence-electron chi connectivity index (χ0n) is 9.25. The maximum Gasteiger partial charge on any atom is 0.310 e. The molecular weight excluding hydrogens is 178 g/mol. The summed E-state index contributed by atoms with van der Waals surface area (Å²) in [6.07, 6.45) is 2.18. The zero-order valence-corrected chi connectivity index (χ0v) is 9.25. The number of carbonyl (C=O) groups is 1. The molecule has 2 heterocycles. The molecule has 0 radical (unpaired) electrons. The van der Waals surface area contributed by atoms with Gasteiger partial charge in [0.25, 0.3) is 0 Å². The van der Waals surface area contributed by atoms with Crippen molar-refractivity contribution in [3.63, 3.8) is 0 Å². The minimum Gasteiger partial charge on any atom is -0.460 e. The van der Waals surface area contributed by atoms with Gasteiger partial charge < -0.3 is 4.74 Å². The van der Waals surface area contributed by atoms with Gasteiger partial charge in [-0.15, -0.1) is 0 Å². The first-order chi connectivity index (χ1) is 6.46. The molecule has 0 bridgehead atoms. The number of piperidine rings is 1. The third kappa shape index (κ3) is 2.27. The second kappa shape index (κ2) is 3.23. The average Bonchev–Trinajstić information content (AvgIpc) is 2.77. The Labute approximate surface area is 85.4 Å². The predicted molar refractivity (Wildman–Crippen MR) is 53.9 cm³/mol. The van der Waals surface area contributed by atoms with Crippen LogP contribution >= 0.6 is 0 Å². The fourth-order valence-electron chi connectivity index (χ4n) is 2.07. The Bertz CT molecular complexity index is 244. The first kappa shape index (κ1) is 9.97. The van der Waals surface area contributed by atoms with Crippen LogP contribution in [0.2, 0.25) is 0 Å². The Hall–Kier alpha value is -0.570. The summed E-state index contributed by atoms with van der Waals surface area (Å²) < 4.78 is 5.38. The molecule has 2 fully saturated rings. The summed E-state index contributed by atoms with van der Waals surface area (Å²) >= 11 is 0. The Morgan fingerprint density at radius 2 is 2.00 bits per heavy atom. The van der Waals surface area contributed by atoms with Gasteiger partial charge in [-0.25, -0.2) is 0 Å². The van der Waals surface area contributed by atoms with Gasteiger partial charge >= 0.3 is 5.97 Å². The van der Waals surface area contributed by atoms with E-state index in [-0.39, 0.29) is 17.5 Å². The predicted octanol–water partition coefficient (Wildman–Crippen LogP) is 1.42. The molecule has 80 valence electrons. The monoisotopic (exact) mass is 197 g/mol. The van der Waals surface area contributed by atoms with Crippen LogP contribution in [-0.4, -0.2) is 35.6 Å². The number of ether oxygens (including phenoxy) is 1. The van der Waals surface area contributed by atoms with E-state index in [1.165, 1.54) is 13.0 Å². The Morgan fingerprint density at radius 1 is 1.29 bits per heavy atom. The second-order valence-electron chi connectivity index (χ2n) is 5.42. The van der Waals surface area contributed by atoms with Crippen molar-refractivity contribution in [1.82, 2.24) is 4.90 Å². The van der Waals surface area contributed by atoms with Crippen molar-refractivity contribution in [3.05, 3.63) is 0 Å². The standard InChI is InChI=1S/C11H19NO2/c1-11(2,3)14-10(13)8-4-5-9-7-12(9)6-8/h8-9H,4-7H2,1-3H3. The third-order valence-electron chi connectivity index (χ3n) is 2.87. The molecule has 0 saturated carbocycles. The smallest absolute Gasteiger partial charge is 0.310 e. The van der Waals surface area contributed by atoms with E-state index < -0.39 is 0 Å². The fraction of sp³-hybridized carbons (Fsp3) is 0.909. The number of hydrogen-bond acceptors (Lipinski definition) is 3. The molecule has 0 spiro atoms. The summed E-state index contributed by atoms with van der Waals surface area (Å²) in [5, 5.41) is 0. The Morgan fingerprint density at radius 3 is 2.57 bits per heavy atom. The fourth-order valence-corrected chi connectivity index (χ4v) is 2.07. The summed E-state index contributed by atoms with van der Waals surface area (Å²) in [6, 6.07) is 0.786. The lowest BCUT2D eigenvalue weighted by Gasteiger charge is -2.26. The molecule has 2 aliphatic rings. The molecule has 0 aromatic rings. The van der Waals surface area contributed by atoms with E-state index in [4.69, 9.17) is 4.74 Å². The van der Waals surface area contributed by atoms with Crippen molar-refractivity contribution in [2.24, 2.45) is 5.92 Å². The van der Waals surface area contributed by atoms with E-state index in [2.05, 4.69) is 4.90 Å². The molecule has 0 N–H and O–H groups in total. The van der Waals surface area contributed by atoms with Gasteiger partial charge in [0.2, 0.25) is 0 Å². The second-order valence-corrected chi connectivity index (χ2v) is 5.42. The van der Waals surface area contributed by atoms with E-state index in [0.29, 0.717) is 0 Å². The molecule has 2 rings (SSSR count). The van der Waals surface area contributed by atoms with Crippen LogP contribution in [0.1, 0.15) is 33.6 Å². The van der Waals surface area contributed by atoms with Crippen molar-refractivity contribution in [2.75, 3.05) is 13.1 Å². The molecule has 3 atom stereocenters. The molecule has 0 aromatic carbocycles. The van der Waals surface area contributed by atoms with Crippen molar-refractivity contribution >= 4 is 5.97 Å². The maximum absolute atomic E-state index is 11.7. The van der Waals surface area contributed by atoms with Crippen molar-refractivity contribution < 1.29 is 9.53 Å². The molecule has 3 heteroatoms. The largest absolute Gasteiger partial charge is 0.460 e. The highest BCUT2D eigenvalue weighted by molar-refractivity contribution is 5.73. The average molecular weight is 197 g/mol. The lowest BCUT2D eigenvalue weighted by Crippen LogP contribution is -2.34. The van der Waals surface area contributed by atoms with Gasteiger partial charge in [0.1, 0.15) is 5.60 Å². The first-order valence-corrected chi connectivity index (χ1v) is 5.42. The van der Waals surface area contributed by atoms with Crippen LogP contribution in [0.4, 0.5) is 0 Å². The van der Waals surface area contributed by atoms with Crippen LogP contribution in [0.5, 0.6) is 0 Å². The van der Waals surface area contributed by atoms with Crippen LogP contribution in [0.15, 0.2) is 0 Å². The van der Waals surface area contributed by atoms with Crippen LogP contribution in [-0.2, 0) is 9.53 Å². The Kier molecular flexibility index (Phi) is 2.30. The van der Waals surface area contributed by atoms with Crippen LogP contribution < -0.4 is 0 Å². The number of rotatable bonds is 1. The first-order valence-electron chi connectivity index (χ1n) is 5.42. The molecule has 0 aliphatic carbocycles. The van der Waals surface area contributed by atoms with Gasteiger partial charge in [-0.05, 0) is 33.6 Å². The number of nitrogens with zero attached hydrogens (tertiary/aromatic N) is 1. The number of carbonyl (C=O) groups excluding carboxylic acids is 1. The number of fused-ring (bicyclic) bond motifs is 1. The highest BCUT2D eigenvalue weighted by atomic mass is 16.6. The lowest BCUT2D eigenvalue weighted by atomic mass is 9.99. The summed E-state index contributed by atoms with van der Waals surface area (Å²) in [5.41, 5.74) is -0.340. The minimum atomic E-state index is -0.340. The molecule has 2 aliphatic heterocycles. The highest BCUT2D eigenvalue weighted by Gasteiger charge is 2.42. The normalized spacial score (nSPS) is 36.1. The van der Waals surface area contributed by atoms with E-state index in [0.717, 1.165) is 19.0 Å². The summed E-state index contributed by atoms with van der Waals surface area (Å²) in [7, 11) is 0. The molecule has 3 unspecified atom stereocenters. The van der Waals surface area contributed by atoms with Gasteiger partial charge in [0.15, 0.2) is 0 Å². The molecule has 2 saturated heterocycles. The minimum absolute atomic E-state index is 0.0112. The van der Waals surface area contributed by atoms with Crippen LogP contribution in [0, 0.1) is 5.92 Å². The summed E-state index contributed by atoms with van der Waals surface area (Å²) in [6.45, 7) is 7.88. The number of esters is 1. The number of hydrogen-bond donors (Lipinski definition) is 0. The molecule has 0 aromatic heterocycles. The van der Waals surface area contributed by atoms with E-state index in [1.807, 2.05) is 20.8 Å². The van der Waals surface area contributed by atoms with E-state index in [9.17, 15) is 4.79 Å². The van der Waals surface area contributed by atoms with E-state index >= 15 is 0 Å². The molecule has 14 heavy (non-hydrogen) atoms. The van der Waals surface area contributed by atoms with Gasteiger partial charge in [0, 0.05) is 19.1 Å². The zero-order chi connectivity index (χ0) is 10.3. The molecular formula is C11H19NO2. The van der Waals surface area contributed by atoms with Crippen LogP contribution in [0.25, 0.3) is 0 Å². The summed E-state index contributed by atoms with van der Waals surface area (Å²) in [4.78, 5) is 14.1. The molecule has 3 nitrogen and oxygen atoms in total. The van der Waals surface area contributed by atoms with Gasteiger partial charge in [-0.3, -0.25) is 9.69 Å². The maximum atomic E-state index is 11.7. The topological polar surface area (TPSA) is 29.3 Å². The SMILES string of the molecule is CC(C)(C)OC(=O)C1CCC2CN2C1. The van der Waals surface area contributed by atoms with Gasteiger partial charge in [-0.2, -0.15) is 0 Å². The lowest BCUT2D eigenvalue weighted by molar-refractivity contribution is -0.161. The van der Waals surface area contributed by atoms with Gasteiger partial charge in [0.05, 0.1) is 5.92 Å². The molecule has 0 amide bonds. The summed E-state index contributed by atoms with van der Waals surface area (Å²) in [5.74, 6) is 0.107. The quantitative estimate of drug-likeness (QED) is 0.470. The van der Waals surface area contributed by atoms with E-state index in [1.54, 1.807) is 0 Å². The van der Waals surface area contributed by atoms with Crippen molar-refractivity contribution in [1.29, 1.82) is 0 Å². The van der Waals surface area contributed by atoms with Gasteiger partial charge in [-0.1, -0.05) is 0 Å². The third-order valence-corrected chi connectivity index (χ3v) is 2.87. The highest BCUT2D eigenvalue weighted by Crippen LogP contribution is 2.32. The Balaban J connectivity index is 1.85.